The van der Waals surface area contributed by atoms with E-state index >= 15 is 0 Å². The standard InChI is InChI=1S/C13H11N3O2S/c1-2-7-16-12(18)10(11(17)15-13(16)19)8-9-3-5-14-6-4-9/h2-6,8H,1,7H2,(H,15,17,19)/b10-8+. The number of hydrogen-bond acceptors (Lipinski definition) is 4. The lowest BCUT2D eigenvalue weighted by molar-refractivity contribution is -0.128. The number of amides is 2. The van der Waals surface area contributed by atoms with Crippen LogP contribution in [0.2, 0.25) is 0 Å². The van der Waals surface area contributed by atoms with Gasteiger partial charge in [0, 0.05) is 18.9 Å². The normalized spacial score (nSPS) is 17.6. The van der Waals surface area contributed by atoms with Gasteiger partial charge in [-0.15, -0.1) is 6.58 Å². The smallest absolute Gasteiger partial charge is 0.265 e. The molecule has 0 radical (unpaired) electrons. The number of nitrogens with one attached hydrogen (secondary N) is 1. The molecule has 0 atom stereocenters. The third-order valence-corrected chi connectivity index (χ3v) is 2.84. The highest BCUT2D eigenvalue weighted by Gasteiger charge is 2.32. The topological polar surface area (TPSA) is 62.3 Å². The predicted octanol–water partition coefficient (Wildman–Crippen LogP) is 0.894. The number of carbonyl (C=O) groups is 2. The van der Waals surface area contributed by atoms with Gasteiger partial charge in [-0.3, -0.25) is 24.8 Å². The van der Waals surface area contributed by atoms with Crippen molar-refractivity contribution in [2.24, 2.45) is 0 Å². The van der Waals surface area contributed by atoms with Crippen molar-refractivity contribution in [3.8, 4) is 0 Å². The van der Waals surface area contributed by atoms with Crippen molar-refractivity contribution in [3.63, 3.8) is 0 Å². The van der Waals surface area contributed by atoms with E-state index in [1.54, 1.807) is 30.6 Å². The third-order valence-electron chi connectivity index (χ3n) is 2.51. The summed E-state index contributed by atoms with van der Waals surface area (Å²) in [4.78, 5) is 29.2. The Morgan fingerprint density at radius 1 is 1.37 bits per heavy atom. The molecule has 2 rings (SSSR count). The lowest BCUT2D eigenvalue weighted by atomic mass is 10.1. The molecule has 1 saturated heterocycles. The Kier molecular flexibility index (Phi) is 3.82. The molecule has 0 bridgehead atoms. The molecule has 1 aromatic rings. The second-order valence-corrected chi connectivity index (χ2v) is 4.19. The van der Waals surface area contributed by atoms with Gasteiger partial charge in [-0.25, -0.2) is 0 Å². The Balaban J connectivity index is 2.36. The molecule has 0 spiro atoms. The van der Waals surface area contributed by atoms with Crippen LogP contribution >= 0.6 is 12.2 Å². The number of aromatic nitrogens is 1. The molecule has 5 nitrogen and oxygen atoms in total. The van der Waals surface area contributed by atoms with Crippen LogP contribution in [0, 0.1) is 0 Å². The zero-order chi connectivity index (χ0) is 13.8. The molecule has 1 aliphatic rings. The fourth-order valence-corrected chi connectivity index (χ4v) is 1.87. The van der Waals surface area contributed by atoms with E-state index in [9.17, 15) is 9.59 Å². The van der Waals surface area contributed by atoms with Crippen LogP contribution in [0.5, 0.6) is 0 Å². The lowest BCUT2D eigenvalue weighted by Crippen LogP contribution is -2.53. The van der Waals surface area contributed by atoms with Crippen LogP contribution in [0.1, 0.15) is 5.56 Å². The zero-order valence-corrected chi connectivity index (χ0v) is 10.8. The monoisotopic (exact) mass is 273 g/mol. The summed E-state index contributed by atoms with van der Waals surface area (Å²) in [7, 11) is 0. The molecule has 6 heteroatoms. The Morgan fingerprint density at radius 2 is 2.05 bits per heavy atom. The van der Waals surface area contributed by atoms with E-state index in [2.05, 4.69) is 16.9 Å². The molecule has 0 aromatic carbocycles. The average Bonchev–Trinajstić information content (AvgIpc) is 2.41. The van der Waals surface area contributed by atoms with Crippen molar-refractivity contribution in [2.75, 3.05) is 6.54 Å². The largest absolute Gasteiger partial charge is 0.298 e. The number of carbonyl (C=O) groups excluding carboxylic acids is 2. The number of nitrogens with zero attached hydrogens (tertiary/aromatic N) is 2. The first-order valence-electron chi connectivity index (χ1n) is 5.53. The van der Waals surface area contributed by atoms with Gasteiger partial charge in [-0.1, -0.05) is 6.08 Å². The highest BCUT2D eigenvalue weighted by atomic mass is 32.1. The van der Waals surface area contributed by atoms with Gasteiger partial charge in [0.05, 0.1) is 0 Å². The van der Waals surface area contributed by atoms with Crippen LogP contribution in [0.4, 0.5) is 0 Å². The van der Waals surface area contributed by atoms with Crippen molar-refractivity contribution in [2.45, 2.75) is 0 Å². The predicted molar refractivity (Wildman–Crippen MR) is 74.9 cm³/mol. The second-order valence-electron chi connectivity index (χ2n) is 3.80. The summed E-state index contributed by atoms with van der Waals surface area (Å²) >= 11 is 4.95. The third kappa shape index (κ3) is 2.74. The molecule has 19 heavy (non-hydrogen) atoms. The van der Waals surface area contributed by atoms with Crippen LogP contribution in [0.15, 0.2) is 42.8 Å². The highest BCUT2D eigenvalue weighted by molar-refractivity contribution is 7.80. The maximum atomic E-state index is 12.2. The molecule has 0 saturated carbocycles. The van der Waals surface area contributed by atoms with E-state index in [1.165, 1.54) is 11.0 Å². The number of thiocarbonyl (C=S) groups is 1. The van der Waals surface area contributed by atoms with Gasteiger partial charge in [0.2, 0.25) is 0 Å². The van der Waals surface area contributed by atoms with E-state index in [0.29, 0.717) is 0 Å². The van der Waals surface area contributed by atoms with E-state index < -0.39 is 11.8 Å². The van der Waals surface area contributed by atoms with Crippen LogP contribution in [-0.2, 0) is 9.59 Å². The van der Waals surface area contributed by atoms with E-state index in [1.807, 2.05) is 0 Å². The summed E-state index contributed by atoms with van der Waals surface area (Å²) in [6.07, 6.45) is 6.23. The van der Waals surface area contributed by atoms with Crippen molar-refractivity contribution in [3.05, 3.63) is 48.3 Å². The first-order chi connectivity index (χ1) is 9.13. The number of pyridine rings is 1. The van der Waals surface area contributed by atoms with Gasteiger partial charge in [0.15, 0.2) is 5.11 Å². The van der Waals surface area contributed by atoms with Gasteiger partial charge in [-0.05, 0) is 36.0 Å². The van der Waals surface area contributed by atoms with Crippen LogP contribution in [-0.4, -0.2) is 33.4 Å². The highest BCUT2D eigenvalue weighted by Crippen LogP contribution is 2.13. The molecular weight excluding hydrogens is 262 g/mol. The van der Waals surface area contributed by atoms with E-state index in [0.717, 1.165) is 5.56 Å². The first kappa shape index (κ1) is 13.1. The molecule has 96 valence electrons. The summed E-state index contributed by atoms with van der Waals surface area (Å²) in [5.41, 5.74) is 0.765. The summed E-state index contributed by atoms with van der Waals surface area (Å²) in [5, 5.41) is 2.58. The molecule has 2 amide bonds. The minimum absolute atomic E-state index is 0.0432. The van der Waals surface area contributed by atoms with Crippen molar-refractivity contribution >= 4 is 35.2 Å². The summed E-state index contributed by atoms with van der Waals surface area (Å²) < 4.78 is 0. The number of rotatable bonds is 3. The molecule has 1 aromatic heterocycles. The van der Waals surface area contributed by atoms with Crippen molar-refractivity contribution in [1.82, 2.24) is 15.2 Å². The molecule has 1 aliphatic heterocycles. The lowest BCUT2D eigenvalue weighted by Gasteiger charge is -2.27. The van der Waals surface area contributed by atoms with Crippen LogP contribution in [0.3, 0.4) is 0 Å². The minimum atomic E-state index is -0.493. The Bertz CT molecular complexity index is 581. The van der Waals surface area contributed by atoms with E-state index in [-0.39, 0.29) is 17.2 Å². The van der Waals surface area contributed by atoms with Crippen molar-refractivity contribution < 1.29 is 9.59 Å². The molecule has 1 fully saturated rings. The van der Waals surface area contributed by atoms with E-state index in [4.69, 9.17) is 12.2 Å². The Hall–Kier alpha value is -2.34. The van der Waals surface area contributed by atoms with Gasteiger partial charge in [0.25, 0.3) is 11.8 Å². The van der Waals surface area contributed by atoms with Gasteiger partial charge >= 0.3 is 0 Å². The fourth-order valence-electron chi connectivity index (χ4n) is 1.62. The minimum Gasteiger partial charge on any atom is -0.298 e. The van der Waals surface area contributed by atoms with Crippen LogP contribution < -0.4 is 5.32 Å². The second kappa shape index (κ2) is 5.53. The molecule has 0 aliphatic carbocycles. The van der Waals surface area contributed by atoms with Gasteiger partial charge in [-0.2, -0.15) is 0 Å². The Labute approximate surface area is 115 Å². The molecule has 0 unspecified atom stereocenters. The fraction of sp³-hybridized carbons (Fsp3) is 0.0769. The number of hydrogen-bond donors (Lipinski definition) is 1. The quantitative estimate of drug-likeness (QED) is 0.384. The summed E-state index contributed by atoms with van der Waals surface area (Å²) in [5.74, 6) is -0.919. The Morgan fingerprint density at radius 3 is 2.68 bits per heavy atom. The van der Waals surface area contributed by atoms with Crippen molar-refractivity contribution in [1.29, 1.82) is 0 Å². The summed E-state index contributed by atoms with van der Waals surface area (Å²) in [6.45, 7) is 3.81. The summed E-state index contributed by atoms with van der Waals surface area (Å²) in [6, 6.07) is 3.41. The van der Waals surface area contributed by atoms with Crippen LogP contribution in [0.25, 0.3) is 6.08 Å². The molecule has 1 N–H and O–H groups in total. The zero-order valence-electron chi connectivity index (χ0n) is 10.00. The SMILES string of the molecule is C=CCN1C(=O)/C(=C/c2ccncc2)C(=O)NC1=S. The first-order valence-corrected chi connectivity index (χ1v) is 5.94. The maximum absolute atomic E-state index is 12.2. The average molecular weight is 273 g/mol. The van der Waals surface area contributed by atoms with Gasteiger partial charge in [0.1, 0.15) is 5.57 Å². The van der Waals surface area contributed by atoms with Gasteiger partial charge < -0.3 is 0 Å². The maximum Gasteiger partial charge on any atom is 0.265 e. The molecule has 2 heterocycles. The molecular formula is C13H11N3O2S.